The fourth-order valence-electron chi connectivity index (χ4n) is 7.73. The van der Waals surface area contributed by atoms with Crippen LogP contribution in [0.2, 0.25) is 0 Å². The van der Waals surface area contributed by atoms with Gasteiger partial charge >= 0.3 is 11.9 Å². The molecule has 12 nitrogen and oxygen atoms in total. The van der Waals surface area contributed by atoms with Crippen molar-refractivity contribution in [3.63, 3.8) is 0 Å². The summed E-state index contributed by atoms with van der Waals surface area (Å²) in [5.74, 6) is -0.716. The Kier molecular flexibility index (Phi) is 12.2. The van der Waals surface area contributed by atoms with Gasteiger partial charge in [-0.1, -0.05) is 30.3 Å². The van der Waals surface area contributed by atoms with Gasteiger partial charge in [-0.25, -0.2) is 17.9 Å². The molecule has 296 valence electrons. The molecule has 16 heteroatoms. The third-order valence-corrected chi connectivity index (χ3v) is 12.5. The number of aromatic amines is 2. The lowest BCUT2D eigenvalue weighted by Crippen LogP contribution is -2.48. The van der Waals surface area contributed by atoms with E-state index in [2.05, 4.69) is 30.2 Å². The molecule has 55 heavy (non-hydrogen) atoms. The molecule has 1 atom stereocenters. The maximum atomic E-state index is 14.5. The highest BCUT2D eigenvalue weighted by Crippen LogP contribution is 2.39. The van der Waals surface area contributed by atoms with Crippen molar-refractivity contribution in [3.8, 4) is 11.1 Å². The summed E-state index contributed by atoms with van der Waals surface area (Å²) in [5.41, 5.74) is 6.35. The van der Waals surface area contributed by atoms with Crippen LogP contribution in [0.5, 0.6) is 0 Å². The minimum absolute atomic E-state index is 0.0324. The Morgan fingerprint density at radius 2 is 1.56 bits per heavy atom. The van der Waals surface area contributed by atoms with Crippen molar-refractivity contribution in [2.24, 2.45) is 17.6 Å². The number of carbonyl (C=O) groups excluding carboxylic acids is 2. The molecule has 2 fully saturated rings. The molecule has 1 unspecified atom stereocenters. The molecule has 1 aromatic heterocycles. The van der Waals surface area contributed by atoms with Crippen molar-refractivity contribution in [1.29, 1.82) is 0 Å². The first-order chi connectivity index (χ1) is 26.1. The lowest BCUT2D eigenvalue weighted by atomic mass is 9.81. The molecule has 2 amide bonds. The Hall–Kier alpha value is -4.51. The smallest absolute Gasteiger partial charge is 0.344 e. The first kappa shape index (κ1) is 40.2. The third-order valence-electron chi connectivity index (χ3n) is 11.0. The van der Waals surface area contributed by atoms with Gasteiger partial charge in [0.25, 0.3) is 0 Å². The number of nitrogens with one attached hydrogen (secondary N) is 5. The van der Waals surface area contributed by atoms with Gasteiger partial charge in [0.05, 0.1) is 21.5 Å². The highest BCUT2D eigenvalue weighted by Gasteiger charge is 2.36. The van der Waals surface area contributed by atoms with Gasteiger partial charge in [-0.2, -0.15) is 13.2 Å². The first-order valence-electron chi connectivity index (χ1n) is 18.6. The van der Waals surface area contributed by atoms with Crippen LogP contribution < -0.4 is 26.8 Å². The van der Waals surface area contributed by atoms with E-state index in [1.807, 2.05) is 14.1 Å². The predicted octanol–water partition coefficient (Wildman–Crippen LogP) is 5.12. The average Bonchev–Trinajstić information content (AvgIpc) is 3.53. The normalized spacial score (nSPS) is 21.4. The van der Waals surface area contributed by atoms with Gasteiger partial charge in [0.15, 0.2) is 0 Å². The molecular formula is C39H48F3N7O5S. The number of halogens is 3. The molecule has 7 N–H and O–H groups in total. The second-order valence-corrected chi connectivity index (χ2v) is 16.8. The predicted molar refractivity (Wildman–Crippen MR) is 205 cm³/mol. The number of carbonyl (C=O) groups is 2. The fraction of sp³-hybridized carbons (Fsp3) is 0.462. The molecule has 4 aromatic rings. The zero-order valence-corrected chi connectivity index (χ0v) is 31.7. The maximum absolute atomic E-state index is 14.5. The van der Waals surface area contributed by atoms with E-state index in [1.54, 1.807) is 30.3 Å². The lowest BCUT2D eigenvalue weighted by Gasteiger charge is -2.32. The number of alkyl halides is 3. The van der Waals surface area contributed by atoms with Crippen LogP contribution in [-0.2, 0) is 32.2 Å². The highest BCUT2D eigenvalue weighted by molar-refractivity contribution is 7.89. The standard InChI is InChI=1S/C39H48F3N7O5S/c1-49(2)29-14-11-27(12-15-29)48-55(53,54)30-16-17-31(32(21-30)39(40,41)42)25-7-3-23(4-8-25)19-35(45-36(50)26-9-5-24(22-43)6-10-26)37(51)44-28-13-18-33-34(20-28)47-38(52)46-33/h3-4,7-8,13,16-18,20-21,24,26-27,29,35,48H,5-6,9-12,14-15,19,22,43H2,1-2H3,(H,44,51)(H,45,50)(H2,46,47,52)/t24-,26-,27?,29?,35?. The number of imidazole rings is 1. The summed E-state index contributed by atoms with van der Waals surface area (Å²) in [7, 11) is -0.289. The summed E-state index contributed by atoms with van der Waals surface area (Å²) >= 11 is 0. The molecule has 0 spiro atoms. The first-order valence-corrected chi connectivity index (χ1v) is 20.1. The molecule has 2 aliphatic carbocycles. The van der Waals surface area contributed by atoms with Crippen molar-refractivity contribution in [1.82, 2.24) is 24.9 Å². The van der Waals surface area contributed by atoms with E-state index in [4.69, 9.17) is 5.73 Å². The van der Waals surface area contributed by atoms with Gasteiger partial charge in [-0.3, -0.25) is 9.59 Å². The molecule has 0 bridgehead atoms. The third kappa shape index (κ3) is 9.84. The van der Waals surface area contributed by atoms with E-state index in [-0.39, 0.29) is 35.4 Å². The van der Waals surface area contributed by atoms with E-state index >= 15 is 0 Å². The Morgan fingerprint density at radius 3 is 2.20 bits per heavy atom. The van der Waals surface area contributed by atoms with Crippen LogP contribution in [0, 0.1) is 11.8 Å². The number of H-pyrrole nitrogens is 2. The van der Waals surface area contributed by atoms with Gasteiger partial charge in [0, 0.05) is 30.1 Å². The molecular weight excluding hydrogens is 736 g/mol. The number of fused-ring (bicyclic) bond motifs is 1. The molecule has 3 aromatic carbocycles. The molecule has 2 aliphatic rings. The molecule has 2 saturated carbocycles. The minimum Gasteiger partial charge on any atom is -0.344 e. The topological polar surface area (TPSA) is 182 Å². The van der Waals surface area contributed by atoms with Crippen molar-refractivity contribution >= 4 is 38.6 Å². The van der Waals surface area contributed by atoms with Crippen LogP contribution in [0.1, 0.15) is 62.5 Å². The van der Waals surface area contributed by atoms with Crippen LogP contribution in [0.4, 0.5) is 18.9 Å². The Bertz CT molecular complexity index is 2150. The largest absolute Gasteiger partial charge is 0.417 e. The average molecular weight is 784 g/mol. The SMILES string of the molecule is CN(C)C1CCC(NS(=O)(=O)c2ccc(-c3ccc(CC(NC(=O)[C@H]4CC[C@H](CN)CC4)C(=O)Nc4ccc5[nH]c(=O)[nH]c5c4)cc3)c(C(F)(F)F)c2)CC1. The van der Waals surface area contributed by atoms with Crippen LogP contribution in [0.25, 0.3) is 22.2 Å². The Labute approximate surface area is 317 Å². The van der Waals surface area contributed by atoms with Crippen molar-refractivity contribution in [3.05, 3.63) is 82.3 Å². The quantitative estimate of drug-likeness (QED) is 0.115. The maximum Gasteiger partial charge on any atom is 0.417 e. The van der Waals surface area contributed by atoms with E-state index in [0.717, 1.165) is 25.7 Å². The van der Waals surface area contributed by atoms with Gasteiger partial charge in [0.1, 0.15) is 6.04 Å². The number of hydrogen-bond acceptors (Lipinski definition) is 7. The van der Waals surface area contributed by atoms with Gasteiger partial charge in [-0.05, 0) is 125 Å². The van der Waals surface area contributed by atoms with Gasteiger partial charge in [-0.15, -0.1) is 0 Å². The molecule has 6 rings (SSSR count). The number of nitrogens with two attached hydrogens (primary N) is 1. The monoisotopic (exact) mass is 783 g/mol. The van der Waals surface area contributed by atoms with Crippen LogP contribution in [0.15, 0.2) is 70.4 Å². The summed E-state index contributed by atoms with van der Waals surface area (Å²) < 4.78 is 72.5. The molecule has 0 radical (unpaired) electrons. The zero-order valence-electron chi connectivity index (χ0n) is 30.8. The van der Waals surface area contributed by atoms with Crippen LogP contribution in [-0.4, -0.2) is 73.9 Å². The number of benzene rings is 3. The second kappa shape index (κ2) is 16.7. The number of amides is 2. The summed E-state index contributed by atoms with van der Waals surface area (Å²) in [6.07, 6.45) is 0.827. The number of anilines is 1. The van der Waals surface area contributed by atoms with Gasteiger partial charge < -0.3 is 31.2 Å². The number of hydrogen-bond donors (Lipinski definition) is 6. The van der Waals surface area contributed by atoms with Gasteiger partial charge in [0.2, 0.25) is 21.8 Å². The minimum atomic E-state index is -4.85. The van der Waals surface area contributed by atoms with Crippen LogP contribution in [0.3, 0.4) is 0 Å². The fourth-order valence-corrected chi connectivity index (χ4v) is 9.06. The number of aromatic nitrogens is 2. The summed E-state index contributed by atoms with van der Waals surface area (Å²) in [4.78, 5) is 45.8. The summed E-state index contributed by atoms with van der Waals surface area (Å²) in [5, 5.41) is 5.71. The Morgan fingerprint density at radius 1 is 0.891 bits per heavy atom. The second-order valence-electron chi connectivity index (χ2n) is 15.0. The zero-order chi connectivity index (χ0) is 39.5. The lowest BCUT2D eigenvalue weighted by molar-refractivity contribution is -0.137. The van der Waals surface area contributed by atoms with Crippen LogP contribution >= 0.6 is 0 Å². The van der Waals surface area contributed by atoms with Crippen molar-refractivity contribution in [2.45, 2.75) is 87.0 Å². The number of sulfonamides is 1. The van der Waals surface area contributed by atoms with E-state index in [9.17, 15) is 36.0 Å². The highest BCUT2D eigenvalue weighted by atomic mass is 32.2. The van der Waals surface area contributed by atoms with Crippen molar-refractivity contribution < 1.29 is 31.2 Å². The van der Waals surface area contributed by atoms with E-state index in [0.29, 0.717) is 72.5 Å². The van der Waals surface area contributed by atoms with E-state index < -0.39 is 44.3 Å². The number of nitrogens with zero attached hydrogens (tertiary/aromatic N) is 1. The number of rotatable bonds is 12. The Balaban J connectivity index is 1.20. The van der Waals surface area contributed by atoms with E-state index in [1.165, 1.54) is 24.3 Å². The molecule has 0 saturated heterocycles. The molecule has 0 aliphatic heterocycles. The summed E-state index contributed by atoms with van der Waals surface area (Å²) in [6, 6.07) is 12.9. The summed E-state index contributed by atoms with van der Waals surface area (Å²) in [6.45, 7) is 0.551. The molecule has 1 heterocycles. The van der Waals surface area contributed by atoms with Crippen molar-refractivity contribution in [2.75, 3.05) is 26.0 Å².